The summed E-state index contributed by atoms with van der Waals surface area (Å²) in [6.45, 7) is 1.08. The predicted molar refractivity (Wildman–Crippen MR) is 61.2 cm³/mol. The molecule has 0 bridgehead atoms. The molecule has 1 aromatic rings. The Kier molecular flexibility index (Phi) is 2.71. The molecule has 1 atom stereocenters. The van der Waals surface area contributed by atoms with Gasteiger partial charge in [0.25, 0.3) is 0 Å². The third-order valence-electron chi connectivity index (χ3n) is 3.26. The average molecular weight is 224 g/mol. The van der Waals surface area contributed by atoms with Gasteiger partial charge in [0.1, 0.15) is 5.76 Å². The van der Waals surface area contributed by atoms with Gasteiger partial charge in [-0.05, 0) is 12.8 Å². The highest BCUT2D eigenvalue weighted by Gasteiger charge is 2.26. The summed E-state index contributed by atoms with van der Waals surface area (Å²) < 4.78 is 5.84. The molecule has 1 N–H and O–H groups in total. The molecular formula is C11H16N2OS. The van der Waals surface area contributed by atoms with Crippen molar-refractivity contribution in [1.82, 2.24) is 10.3 Å². The van der Waals surface area contributed by atoms with Crippen LogP contribution in [0.15, 0.2) is 10.6 Å². The van der Waals surface area contributed by atoms with Crippen LogP contribution in [0.25, 0.3) is 0 Å². The van der Waals surface area contributed by atoms with Gasteiger partial charge in [-0.15, -0.1) is 0 Å². The fraction of sp³-hybridized carbons (Fsp3) is 0.727. The van der Waals surface area contributed by atoms with E-state index in [0.717, 1.165) is 23.9 Å². The van der Waals surface area contributed by atoms with Gasteiger partial charge in [-0.3, -0.25) is 0 Å². The van der Waals surface area contributed by atoms with Gasteiger partial charge in [0.15, 0.2) is 5.89 Å². The molecule has 3 nitrogen and oxygen atoms in total. The largest absolute Gasteiger partial charge is 0.444 e. The molecule has 3 rings (SSSR count). The van der Waals surface area contributed by atoms with Crippen molar-refractivity contribution in [3.8, 4) is 0 Å². The zero-order valence-corrected chi connectivity index (χ0v) is 9.55. The summed E-state index contributed by atoms with van der Waals surface area (Å²) in [7, 11) is 0. The molecule has 1 saturated carbocycles. The number of rotatable bonds is 2. The van der Waals surface area contributed by atoms with Crippen molar-refractivity contribution in [2.24, 2.45) is 0 Å². The second-order valence-corrected chi connectivity index (χ2v) is 5.46. The summed E-state index contributed by atoms with van der Waals surface area (Å²) in [5, 5.41) is 3.47. The number of hydrogen-bond acceptors (Lipinski definition) is 4. The Balaban J connectivity index is 1.71. The van der Waals surface area contributed by atoms with Crippen LogP contribution in [0.4, 0.5) is 0 Å². The molecule has 82 valence electrons. The Hall–Kier alpha value is -0.480. The number of nitrogens with zero attached hydrogens (tertiary/aromatic N) is 1. The molecule has 1 saturated heterocycles. The van der Waals surface area contributed by atoms with Crippen LogP contribution in [0.5, 0.6) is 0 Å². The molecule has 1 aromatic heterocycles. The van der Waals surface area contributed by atoms with Gasteiger partial charge in [0.05, 0.1) is 12.2 Å². The van der Waals surface area contributed by atoms with Crippen molar-refractivity contribution in [2.45, 2.75) is 31.2 Å². The van der Waals surface area contributed by atoms with Crippen LogP contribution in [-0.2, 0) is 0 Å². The number of hydrogen-bond donors (Lipinski definition) is 1. The number of nitrogens with one attached hydrogen (secondary N) is 1. The monoisotopic (exact) mass is 224 g/mol. The molecule has 4 heteroatoms. The van der Waals surface area contributed by atoms with E-state index in [1.807, 2.05) is 18.0 Å². The molecule has 0 amide bonds. The summed E-state index contributed by atoms with van der Waals surface area (Å²) in [6.07, 6.45) is 5.76. The van der Waals surface area contributed by atoms with Crippen molar-refractivity contribution in [3.05, 3.63) is 17.8 Å². The molecule has 1 unspecified atom stereocenters. The van der Waals surface area contributed by atoms with Crippen LogP contribution in [0.2, 0.25) is 0 Å². The number of oxazole rings is 1. The van der Waals surface area contributed by atoms with Gasteiger partial charge < -0.3 is 9.73 Å². The molecule has 1 aliphatic heterocycles. The fourth-order valence-corrected chi connectivity index (χ4v) is 3.00. The lowest BCUT2D eigenvalue weighted by Crippen LogP contribution is -2.29. The van der Waals surface area contributed by atoms with Crippen LogP contribution in [-0.4, -0.2) is 23.0 Å². The maximum Gasteiger partial charge on any atom is 0.197 e. The Morgan fingerprint density at radius 3 is 3.07 bits per heavy atom. The highest BCUT2D eigenvalue weighted by atomic mass is 32.2. The van der Waals surface area contributed by atoms with Crippen LogP contribution in [0.1, 0.15) is 42.9 Å². The van der Waals surface area contributed by atoms with E-state index in [2.05, 4.69) is 10.3 Å². The third kappa shape index (κ3) is 1.93. The average Bonchev–Trinajstić information content (AvgIpc) is 2.66. The normalized spacial score (nSPS) is 27.6. The molecule has 0 aromatic carbocycles. The quantitative estimate of drug-likeness (QED) is 0.836. The zero-order chi connectivity index (χ0) is 10.1. The van der Waals surface area contributed by atoms with Crippen LogP contribution in [0, 0.1) is 0 Å². The molecule has 15 heavy (non-hydrogen) atoms. The lowest BCUT2D eigenvalue weighted by Gasteiger charge is -2.23. The Morgan fingerprint density at radius 1 is 1.47 bits per heavy atom. The highest BCUT2D eigenvalue weighted by molar-refractivity contribution is 7.99. The van der Waals surface area contributed by atoms with E-state index in [1.54, 1.807) is 0 Å². The first-order valence-electron chi connectivity index (χ1n) is 5.70. The molecular weight excluding hydrogens is 208 g/mol. The second kappa shape index (κ2) is 4.18. The minimum atomic E-state index is 0.380. The topological polar surface area (TPSA) is 38.1 Å². The SMILES string of the molecule is c1nc(C2CCC2)oc1C1CSCCN1. The van der Waals surface area contributed by atoms with Crippen molar-refractivity contribution >= 4 is 11.8 Å². The van der Waals surface area contributed by atoms with E-state index in [-0.39, 0.29) is 0 Å². The Labute approximate surface area is 94.0 Å². The first kappa shape index (κ1) is 9.73. The van der Waals surface area contributed by atoms with E-state index in [0.29, 0.717) is 12.0 Å². The van der Waals surface area contributed by atoms with E-state index in [4.69, 9.17) is 4.42 Å². The molecule has 2 heterocycles. The van der Waals surface area contributed by atoms with Gasteiger partial charge >= 0.3 is 0 Å². The van der Waals surface area contributed by atoms with E-state index < -0.39 is 0 Å². The minimum absolute atomic E-state index is 0.380. The molecule has 2 aliphatic rings. The highest BCUT2D eigenvalue weighted by Crippen LogP contribution is 2.36. The number of aromatic nitrogens is 1. The Morgan fingerprint density at radius 2 is 2.40 bits per heavy atom. The lowest BCUT2D eigenvalue weighted by atomic mass is 9.85. The van der Waals surface area contributed by atoms with Gasteiger partial charge in [-0.25, -0.2) is 4.98 Å². The second-order valence-electron chi connectivity index (χ2n) is 4.31. The molecule has 0 radical (unpaired) electrons. The van der Waals surface area contributed by atoms with Crippen LogP contribution < -0.4 is 5.32 Å². The zero-order valence-electron chi connectivity index (χ0n) is 8.74. The number of thioether (sulfide) groups is 1. The van der Waals surface area contributed by atoms with E-state index in [9.17, 15) is 0 Å². The summed E-state index contributed by atoms with van der Waals surface area (Å²) in [5.41, 5.74) is 0. The molecule has 2 fully saturated rings. The maximum atomic E-state index is 5.84. The van der Waals surface area contributed by atoms with Crippen molar-refractivity contribution < 1.29 is 4.42 Å². The van der Waals surface area contributed by atoms with Gasteiger partial charge in [-0.1, -0.05) is 6.42 Å². The predicted octanol–water partition coefficient (Wildman–Crippen LogP) is 2.32. The molecule has 1 aliphatic carbocycles. The van der Waals surface area contributed by atoms with Gasteiger partial charge in [-0.2, -0.15) is 11.8 Å². The summed E-state index contributed by atoms with van der Waals surface area (Å²) in [6, 6.07) is 0.380. The van der Waals surface area contributed by atoms with Gasteiger partial charge in [0, 0.05) is 24.0 Å². The fourth-order valence-electron chi connectivity index (χ4n) is 2.05. The summed E-state index contributed by atoms with van der Waals surface area (Å²) in [5.74, 6) is 4.92. The third-order valence-corrected chi connectivity index (χ3v) is 4.32. The van der Waals surface area contributed by atoms with Crippen molar-refractivity contribution in [2.75, 3.05) is 18.1 Å². The van der Waals surface area contributed by atoms with Crippen molar-refractivity contribution in [3.63, 3.8) is 0 Å². The minimum Gasteiger partial charge on any atom is -0.444 e. The summed E-state index contributed by atoms with van der Waals surface area (Å²) >= 11 is 1.98. The first-order valence-corrected chi connectivity index (χ1v) is 6.86. The van der Waals surface area contributed by atoms with E-state index >= 15 is 0 Å². The standard InChI is InChI=1S/C11H16N2OS/c1-2-8(3-1)11-13-6-10(14-11)9-7-15-5-4-12-9/h6,8-9,12H,1-5,7H2. The summed E-state index contributed by atoms with van der Waals surface area (Å²) in [4.78, 5) is 4.40. The molecule has 0 spiro atoms. The van der Waals surface area contributed by atoms with Crippen LogP contribution in [0.3, 0.4) is 0 Å². The smallest absolute Gasteiger partial charge is 0.197 e. The van der Waals surface area contributed by atoms with E-state index in [1.165, 1.54) is 25.0 Å². The Bertz CT molecular complexity index is 329. The lowest BCUT2D eigenvalue weighted by molar-refractivity contribution is 0.314. The maximum absolute atomic E-state index is 5.84. The first-order chi connectivity index (χ1) is 7.43. The van der Waals surface area contributed by atoms with Crippen molar-refractivity contribution in [1.29, 1.82) is 0 Å². The van der Waals surface area contributed by atoms with Gasteiger partial charge in [0.2, 0.25) is 0 Å². The van der Waals surface area contributed by atoms with Crippen LogP contribution >= 0.6 is 11.8 Å².